The predicted octanol–water partition coefficient (Wildman–Crippen LogP) is 3.28. The summed E-state index contributed by atoms with van der Waals surface area (Å²) in [5, 5.41) is 0.635. The van der Waals surface area contributed by atoms with Crippen molar-refractivity contribution in [2.75, 3.05) is 39.3 Å². The lowest BCUT2D eigenvalue weighted by Gasteiger charge is -2.38. The van der Waals surface area contributed by atoms with Crippen LogP contribution in [-0.4, -0.2) is 71.8 Å². The van der Waals surface area contributed by atoms with Crippen molar-refractivity contribution in [2.24, 2.45) is 5.41 Å². The van der Waals surface area contributed by atoms with E-state index in [2.05, 4.69) is 16.7 Å². The Morgan fingerprint density at radius 3 is 2.36 bits per heavy atom. The molecule has 2 amide bonds. The number of carbonyl (C=O) groups is 2. The number of amides is 2. The van der Waals surface area contributed by atoms with Gasteiger partial charge in [-0.05, 0) is 69.5 Å². The minimum absolute atomic E-state index is 0.0449. The van der Waals surface area contributed by atoms with E-state index in [4.69, 9.17) is 11.6 Å². The Balaban J connectivity index is 1.56. The van der Waals surface area contributed by atoms with E-state index in [1.807, 2.05) is 4.90 Å². The summed E-state index contributed by atoms with van der Waals surface area (Å²) >= 11 is 5.97. The van der Waals surface area contributed by atoms with E-state index >= 15 is 0 Å². The monoisotopic (exact) mass is 403 g/mol. The van der Waals surface area contributed by atoms with Crippen LogP contribution in [0.2, 0.25) is 5.02 Å². The Hall–Kier alpha value is -1.59. The van der Waals surface area contributed by atoms with Gasteiger partial charge in [0.2, 0.25) is 5.91 Å². The lowest BCUT2D eigenvalue weighted by atomic mass is 9.75. The quantitative estimate of drug-likeness (QED) is 0.777. The number of nitrogens with zero attached hydrogens (tertiary/aromatic N) is 3. The van der Waals surface area contributed by atoms with Crippen molar-refractivity contribution >= 4 is 23.4 Å². The summed E-state index contributed by atoms with van der Waals surface area (Å²) in [5.41, 5.74) is 0.346. The highest BCUT2D eigenvalue weighted by Gasteiger charge is 2.54. The third-order valence-electron chi connectivity index (χ3n) is 7.03. The Morgan fingerprint density at radius 2 is 1.68 bits per heavy atom. The number of hydrogen-bond acceptors (Lipinski definition) is 3. The van der Waals surface area contributed by atoms with Crippen LogP contribution in [0, 0.1) is 5.41 Å². The molecule has 2 atom stereocenters. The summed E-state index contributed by atoms with van der Waals surface area (Å²) in [6.45, 7) is 7.28. The van der Waals surface area contributed by atoms with Gasteiger partial charge in [0, 0.05) is 42.8 Å². The maximum atomic E-state index is 13.6. The average Bonchev–Trinajstić information content (AvgIpc) is 3.32. The minimum atomic E-state index is -0.324. The molecule has 1 aromatic rings. The summed E-state index contributed by atoms with van der Waals surface area (Å²) < 4.78 is 0. The lowest BCUT2D eigenvalue weighted by molar-refractivity contribution is -0.143. The molecule has 0 aromatic heterocycles. The van der Waals surface area contributed by atoms with Gasteiger partial charge in [-0.1, -0.05) is 18.5 Å². The van der Waals surface area contributed by atoms with E-state index in [0.717, 1.165) is 58.3 Å². The minimum Gasteiger partial charge on any atom is -0.342 e. The maximum absolute atomic E-state index is 13.6. The molecule has 3 fully saturated rings. The van der Waals surface area contributed by atoms with Crippen molar-refractivity contribution in [2.45, 2.75) is 45.1 Å². The molecule has 3 aliphatic rings. The third kappa shape index (κ3) is 3.43. The molecule has 5 nitrogen and oxygen atoms in total. The molecule has 4 rings (SSSR count). The summed E-state index contributed by atoms with van der Waals surface area (Å²) in [6.07, 6.45) is 4.79. The Morgan fingerprint density at radius 1 is 1.00 bits per heavy atom. The zero-order chi connectivity index (χ0) is 19.7. The second kappa shape index (κ2) is 8.03. The van der Waals surface area contributed by atoms with Crippen molar-refractivity contribution in [3.63, 3.8) is 0 Å². The van der Waals surface area contributed by atoms with Crippen molar-refractivity contribution in [1.82, 2.24) is 14.7 Å². The first-order chi connectivity index (χ1) is 13.5. The normalized spacial score (nSPS) is 28.3. The molecule has 0 aliphatic carbocycles. The SMILES string of the molecule is CCN1CC[C@]2(C(=O)N3CCCC3)CCN(C(=O)c3ccc(Cl)cc3)CC[C@H]12. The number of hydrogen-bond donors (Lipinski definition) is 0. The van der Waals surface area contributed by atoms with Gasteiger partial charge in [0.15, 0.2) is 0 Å². The summed E-state index contributed by atoms with van der Waals surface area (Å²) in [5.74, 6) is 0.384. The molecule has 0 N–H and O–H groups in total. The first-order valence-corrected chi connectivity index (χ1v) is 11.0. The molecule has 152 valence electrons. The van der Waals surface area contributed by atoms with Crippen LogP contribution in [0.3, 0.4) is 0 Å². The molecular weight excluding hydrogens is 374 g/mol. The van der Waals surface area contributed by atoms with E-state index in [1.165, 1.54) is 0 Å². The van der Waals surface area contributed by atoms with Crippen LogP contribution in [0.1, 0.15) is 49.4 Å². The fourth-order valence-corrected chi connectivity index (χ4v) is 5.56. The van der Waals surface area contributed by atoms with Crippen LogP contribution in [0.25, 0.3) is 0 Å². The standard InChI is InChI=1S/C22H30ClN3O2/c1-2-24-15-10-22(21(28)26-12-3-4-13-26)11-16-25(14-9-19(22)24)20(27)17-5-7-18(23)8-6-17/h5-8,19H,2-4,9-16H2,1H3/t19-,22-/m0/s1. The number of fused-ring (bicyclic) bond motifs is 1. The highest BCUT2D eigenvalue weighted by molar-refractivity contribution is 6.30. The molecule has 0 bridgehead atoms. The molecule has 6 heteroatoms. The van der Waals surface area contributed by atoms with Crippen LogP contribution in [0.4, 0.5) is 0 Å². The van der Waals surface area contributed by atoms with Crippen LogP contribution in [0.15, 0.2) is 24.3 Å². The lowest BCUT2D eigenvalue weighted by Crippen LogP contribution is -2.50. The molecule has 3 heterocycles. The van der Waals surface area contributed by atoms with Gasteiger partial charge in [-0.25, -0.2) is 0 Å². The third-order valence-corrected chi connectivity index (χ3v) is 7.28. The molecular formula is C22H30ClN3O2. The van der Waals surface area contributed by atoms with E-state index in [-0.39, 0.29) is 17.4 Å². The average molecular weight is 404 g/mol. The summed E-state index contributed by atoms with van der Waals surface area (Å²) in [4.78, 5) is 33.1. The Labute approximate surface area is 172 Å². The topological polar surface area (TPSA) is 43.9 Å². The van der Waals surface area contributed by atoms with E-state index < -0.39 is 0 Å². The van der Waals surface area contributed by atoms with Crippen molar-refractivity contribution in [3.05, 3.63) is 34.9 Å². The first-order valence-electron chi connectivity index (χ1n) is 10.6. The number of likely N-dealkylation sites (tertiary alicyclic amines) is 3. The molecule has 0 unspecified atom stereocenters. The smallest absolute Gasteiger partial charge is 0.253 e. The van der Waals surface area contributed by atoms with Gasteiger partial charge in [-0.2, -0.15) is 0 Å². The molecule has 28 heavy (non-hydrogen) atoms. The summed E-state index contributed by atoms with van der Waals surface area (Å²) in [6, 6.07) is 7.35. The van der Waals surface area contributed by atoms with Gasteiger partial charge in [0.1, 0.15) is 0 Å². The van der Waals surface area contributed by atoms with Gasteiger partial charge in [-0.3, -0.25) is 14.5 Å². The molecule has 0 spiro atoms. The summed E-state index contributed by atoms with van der Waals surface area (Å²) in [7, 11) is 0. The fraction of sp³-hybridized carbons (Fsp3) is 0.636. The number of halogens is 1. The van der Waals surface area contributed by atoms with Crippen LogP contribution >= 0.6 is 11.6 Å². The van der Waals surface area contributed by atoms with Crippen LogP contribution in [0.5, 0.6) is 0 Å². The van der Waals surface area contributed by atoms with Crippen molar-refractivity contribution in [1.29, 1.82) is 0 Å². The van der Waals surface area contributed by atoms with Gasteiger partial charge in [-0.15, -0.1) is 0 Å². The highest BCUT2D eigenvalue weighted by Crippen LogP contribution is 2.45. The molecule has 1 aromatic carbocycles. The highest BCUT2D eigenvalue weighted by atomic mass is 35.5. The van der Waals surface area contributed by atoms with Gasteiger partial charge in [0.25, 0.3) is 5.91 Å². The largest absolute Gasteiger partial charge is 0.342 e. The molecule has 0 radical (unpaired) electrons. The Bertz CT molecular complexity index is 732. The van der Waals surface area contributed by atoms with Gasteiger partial charge < -0.3 is 9.80 Å². The zero-order valence-corrected chi connectivity index (χ0v) is 17.5. The number of rotatable bonds is 3. The van der Waals surface area contributed by atoms with E-state index in [0.29, 0.717) is 29.6 Å². The second-order valence-electron chi connectivity index (χ2n) is 8.39. The van der Waals surface area contributed by atoms with Gasteiger partial charge in [0.05, 0.1) is 5.41 Å². The first kappa shape index (κ1) is 19.7. The predicted molar refractivity (Wildman–Crippen MR) is 110 cm³/mol. The number of carbonyl (C=O) groups excluding carboxylic acids is 2. The van der Waals surface area contributed by atoms with Crippen molar-refractivity contribution in [3.8, 4) is 0 Å². The Kier molecular flexibility index (Phi) is 5.66. The molecule has 3 aliphatic heterocycles. The maximum Gasteiger partial charge on any atom is 0.253 e. The van der Waals surface area contributed by atoms with E-state index in [9.17, 15) is 9.59 Å². The molecule has 0 saturated carbocycles. The van der Waals surface area contributed by atoms with Crippen LogP contribution in [-0.2, 0) is 4.79 Å². The second-order valence-corrected chi connectivity index (χ2v) is 8.82. The van der Waals surface area contributed by atoms with Crippen LogP contribution < -0.4 is 0 Å². The number of benzene rings is 1. The van der Waals surface area contributed by atoms with Gasteiger partial charge >= 0.3 is 0 Å². The zero-order valence-electron chi connectivity index (χ0n) is 16.7. The molecule has 3 saturated heterocycles. The fourth-order valence-electron chi connectivity index (χ4n) is 5.44. The van der Waals surface area contributed by atoms with E-state index in [1.54, 1.807) is 24.3 Å². The van der Waals surface area contributed by atoms with Crippen molar-refractivity contribution < 1.29 is 9.59 Å².